The van der Waals surface area contributed by atoms with Crippen molar-refractivity contribution in [3.8, 4) is 22.9 Å². The van der Waals surface area contributed by atoms with Crippen molar-refractivity contribution in [1.82, 2.24) is 4.90 Å². The molecular weight excluding hydrogens is 442 g/mol. The predicted molar refractivity (Wildman–Crippen MR) is 139 cm³/mol. The van der Waals surface area contributed by atoms with Gasteiger partial charge in [0.15, 0.2) is 6.29 Å². The molecule has 2 aromatic rings. The number of aromatic hydroxyl groups is 1. The largest absolute Gasteiger partial charge is 0.507 e. The summed E-state index contributed by atoms with van der Waals surface area (Å²) in [5.74, 6) is 0.300. The number of nitriles is 1. The molecule has 0 radical (unpaired) electrons. The standard InChI is InChI=1S/C26H29N7O2/c1-31-10-7-23(29)21-5-4-20(18-3-6-24(35)19(13-18)15-34)25(22(21)14-27)33-11-8-17(9-12-33)26(30)32(2)16-28/h3-7,10,13,15-17,28,30,35H,8-9,11-12,29H2,1-2H3/b23-7-,28-16?,30-26?,31-10?. The van der Waals surface area contributed by atoms with Crippen LogP contribution < -0.4 is 10.6 Å². The number of aliphatic imine (C=N–C) groups is 1. The maximum atomic E-state index is 11.4. The van der Waals surface area contributed by atoms with Crippen LogP contribution in [0.3, 0.4) is 0 Å². The lowest BCUT2D eigenvalue weighted by Gasteiger charge is -2.37. The Hall–Kier alpha value is -4.45. The third-order valence-electron chi connectivity index (χ3n) is 6.24. The number of aldehydes is 1. The Morgan fingerprint density at radius 1 is 1.31 bits per heavy atom. The number of carbonyl (C=O) groups is 1. The van der Waals surface area contributed by atoms with E-state index in [9.17, 15) is 15.2 Å². The second kappa shape index (κ2) is 11.1. The van der Waals surface area contributed by atoms with E-state index in [1.165, 1.54) is 11.0 Å². The van der Waals surface area contributed by atoms with Crippen LogP contribution in [0.5, 0.6) is 5.75 Å². The van der Waals surface area contributed by atoms with E-state index in [1.54, 1.807) is 44.6 Å². The van der Waals surface area contributed by atoms with Crippen LogP contribution in [0, 0.1) is 28.1 Å². The number of hydrogen-bond donors (Lipinski definition) is 4. The van der Waals surface area contributed by atoms with E-state index in [0.717, 1.165) is 11.9 Å². The quantitative estimate of drug-likeness (QED) is 0.275. The molecule has 1 aliphatic rings. The molecule has 5 N–H and O–H groups in total. The van der Waals surface area contributed by atoms with Gasteiger partial charge in [-0.1, -0.05) is 18.2 Å². The second-order valence-electron chi connectivity index (χ2n) is 8.30. The molecule has 0 aliphatic carbocycles. The molecule has 1 saturated heterocycles. The van der Waals surface area contributed by atoms with Crippen molar-refractivity contribution in [3.63, 3.8) is 0 Å². The summed E-state index contributed by atoms with van der Waals surface area (Å²) in [6.45, 7) is 1.20. The van der Waals surface area contributed by atoms with Crippen molar-refractivity contribution in [2.24, 2.45) is 16.6 Å². The Kier molecular flexibility index (Phi) is 8.00. The first-order valence-electron chi connectivity index (χ1n) is 11.2. The number of benzene rings is 2. The molecule has 2 aromatic carbocycles. The summed E-state index contributed by atoms with van der Waals surface area (Å²) in [4.78, 5) is 19.0. The predicted octanol–water partition coefficient (Wildman–Crippen LogP) is 3.48. The molecule has 0 unspecified atom stereocenters. The van der Waals surface area contributed by atoms with Gasteiger partial charge in [-0.15, -0.1) is 0 Å². The lowest BCUT2D eigenvalue weighted by molar-refractivity contribution is 0.112. The molecular formula is C26H29N7O2. The van der Waals surface area contributed by atoms with Gasteiger partial charge >= 0.3 is 0 Å². The second-order valence-corrected chi connectivity index (χ2v) is 8.30. The number of hydrogen-bond acceptors (Lipinski definition) is 8. The van der Waals surface area contributed by atoms with E-state index >= 15 is 0 Å². The van der Waals surface area contributed by atoms with E-state index in [2.05, 4.69) is 16.0 Å². The lowest BCUT2D eigenvalue weighted by Crippen LogP contribution is -2.41. The number of nitrogens with two attached hydrogens (primary N) is 1. The first kappa shape index (κ1) is 25.2. The topological polar surface area (TPSA) is 154 Å². The molecule has 3 rings (SSSR count). The molecule has 35 heavy (non-hydrogen) atoms. The zero-order valence-electron chi connectivity index (χ0n) is 19.8. The van der Waals surface area contributed by atoms with E-state index in [-0.39, 0.29) is 17.2 Å². The highest BCUT2D eigenvalue weighted by Gasteiger charge is 2.28. The van der Waals surface area contributed by atoms with Crippen LogP contribution in [0.4, 0.5) is 5.69 Å². The fraction of sp³-hybridized carbons (Fsp3) is 0.269. The van der Waals surface area contributed by atoms with Gasteiger partial charge in [0.1, 0.15) is 17.7 Å². The van der Waals surface area contributed by atoms with Gasteiger partial charge < -0.3 is 20.6 Å². The Bertz CT molecular complexity index is 1230. The third kappa shape index (κ3) is 5.22. The van der Waals surface area contributed by atoms with Crippen molar-refractivity contribution in [2.75, 3.05) is 32.1 Å². The highest BCUT2D eigenvalue weighted by molar-refractivity contribution is 5.93. The van der Waals surface area contributed by atoms with Gasteiger partial charge in [0, 0.05) is 56.1 Å². The van der Waals surface area contributed by atoms with Gasteiger partial charge in [0.25, 0.3) is 0 Å². The van der Waals surface area contributed by atoms with Crippen LogP contribution in [0.1, 0.15) is 34.3 Å². The maximum absolute atomic E-state index is 11.4. The van der Waals surface area contributed by atoms with E-state index in [0.29, 0.717) is 66.1 Å². The number of anilines is 1. The monoisotopic (exact) mass is 471 g/mol. The average Bonchev–Trinajstić information content (AvgIpc) is 2.90. The minimum absolute atomic E-state index is 0.0103. The molecule has 0 amide bonds. The number of carbonyl (C=O) groups excluding carboxylic acids is 1. The molecule has 0 atom stereocenters. The summed E-state index contributed by atoms with van der Waals surface area (Å²) >= 11 is 0. The van der Waals surface area contributed by atoms with Crippen molar-refractivity contribution >= 4 is 36.1 Å². The number of nitrogens with zero attached hydrogens (tertiary/aromatic N) is 4. The number of rotatable bonds is 7. The highest BCUT2D eigenvalue weighted by Crippen LogP contribution is 2.40. The first-order chi connectivity index (χ1) is 16.9. The SMILES string of the molecule is CN=C/C=C(\N)c1ccc(-c2ccc(O)c(C=O)c2)c(N2CCC(C(=N)N(C)C=N)CC2)c1C#N. The van der Waals surface area contributed by atoms with Gasteiger partial charge in [-0.3, -0.25) is 20.6 Å². The highest BCUT2D eigenvalue weighted by atomic mass is 16.3. The summed E-state index contributed by atoms with van der Waals surface area (Å²) in [5, 5.41) is 35.9. The van der Waals surface area contributed by atoms with E-state index < -0.39 is 0 Å². The minimum atomic E-state index is -0.108. The van der Waals surface area contributed by atoms with Crippen LogP contribution >= 0.6 is 0 Å². The summed E-state index contributed by atoms with van der Waals surface area (Å²) in [5.41, 5.74) is 9.98. The van der Waals surface area contributed by atoms with E-state index in [4.69, 9.17) is 16.6 Å². The van der Waals surface area contributed by atoms with Crippen LogP contribution in [0.25, 0.3) is 16.8 Å². The van der Waals surface area contributed by atoms with Crippen molar-refractivity contribution in [3.05, 3.63) is 53.1 Å². The van der Waals surface area contributed by atoms with E-state index in [1.807, 2.05) is 6.07 Å². The summed E-state index contributed by atoms with van der Waals surface area (Å²) in [6.07, 6.45) is 6.32. The lowest BCUT2D eigenvalue weighted by atomic mass is 9.90. The Morgan fingerprint density at radius 2 is 2.03 bits per heavy atom. The molecule has 0 saturated carbocycles. The number of phenolic OH excluding ortho intramolecular Hbond substituents is 1. The summed E-state index contributed by atoms with van der Waals surface area (Å²) < 4.78 is 0. The van der Waals surface area contributed by atoms with Crippen molar-refractivity contribution < 1.29 is 9.90 Å². The Morgan fingerprint density at radius 3 is 2.63 bits per heavy atom. The van der Waals surface area contributed by atoms with Gasteiger partial charge in [0.2, 0.25) is 0 Å². The third-order valence-corrected chi connectivity index (χ3v) is 6.24. The van der Waals surface area contributed by atoms with Crippen LogP contribution in [-0.4, -0.2) is 61.9 Å². The normalized spacial score (nSPS) is 14.5. The smallest absolute Gasteiger partial charge is 0.153 e. The zero-order valence-corrected chi connectivity index (χ0v) is 19.8. The summed E-state index contributed by atoms with van der Waals surface area (Å²) in [6, 6.07) is 10.8. The van der Waals surface area contributed by atoms with Gasteiger partial charge in [-0.05, 0) is 36.6 Å². The molecule has 180 valence electrons. The number of piperidine rings is 1. The molecule has 1 heterocycles. The maximum Gasteiger partial charge on any atom is 0.153 e. The summed E-state index contributed by atoms with van der Waals surface area (Å²) in [7, 11) is 3.33. The molecule has 1 aliphatic heterocycles. The fourth-order valence-corrected chi connectivity index (χ4v) is 4.30. The fourth-order valence-electron chi connectivity index (χ4n) is 4.30. The molecule has 9 heteroatoms. The number of nitrogens with one attached hydrogen (secondary N) is 2. The first-order valence-corrected chi connectivity index (χ1v) is 11.2. The Labute approximate surface area is 204 Å². The number of amidine groups is 1. The number of phenols is 1. The van der Waals surface area contributed by atoms with Gasteiger partial charge in [-0.2, -0.15) is 5.26 Å². The minimum Gasteiger partial charge on any atom is -0.507 e. The van der Waals surface area contributed by atoms with Crippen molar-refractivity contribution in [2.45, 2.75) is 12.8 Å². The Balaban J connectivity index is 2.13. The van der Waals surface area contributed by atoms with Crippen LogP contribution in [0.2, 0.25) is 0 Å². The van der Waals surface area contributed by atoms with Crippen molar-refractivity contribution in [1.29, 1.82) is 16.1 Å². The van der Waals surface area contributed by atoms with Crippen LogP contribution in [0.15, 0.2) is 41.4 Å². The molecule has 0 aromatic heterocycles. The molecule has 0 bridgehead atoms. The van der Waals surface area contributed by atoms with Crippen LogP contribution in [-0.2, 0) is 0 Å². The molecule has 1 fully saturated rings. The average molecular weight is 472 g/mol. The van der Waals surface area contributed by atoms with Gasteiger partial charge in [-0.25, -0.2) is 0 Å². The van der Waals surface area contributed by atoms with Gasteiger partial charge in [0.05, 0.1) is 23.2 Å². The molecule has 9 nitrogen and oxygen atoms in total. The molecule has 0 spiro atoms. The number of allylic oxidation sites excluding steroid dienone is 1. The zero-order chi connectivity index (χ0) is 25.5.